The number of para-hydroxylation sites is 3. The number of fused-ring (bicyclic) bond motifs is 9. The standard InChI is InChI=1S/C62H46N2OSi2/c1-66(2)56-23-12-9-18-45(56)47-33-29-42(37-58(47)66)63(41-15-6-5-7-16-41)52-35-27-39-26-32-51-53(36-28-40-25-31-50(52)60(39)61(40)51)64(54-21-14-20-49-44-17-8-11-22-55(44)65-62(49)54)43-30-34-48-46-19-10-13-24-57(46)67(3,4)59(48)38-43/h5-38H,1-4H3. The van der Waals surface area contributed by atoms with Gasteiger partial charge in [-0.25, -0.2) is 0 Å². The van der Waals surface area contributed by atoms with Gasteiger partial charge in [0.05, 0.1) is 17.1 Å². The van der Waals surface area contributed by atoms with Gasteiger partial charge in [-0.05, 0) is 125 Å². The number of anilines is 6. The number of rotatable bonds is 6. The quantitative estimate of drug-likeness (QED) is 0.122. The molecule has 0 spiro atoms. The first kappa shape index (κ1) is 38.6. The molecule has 0 N–H and O–H groups in total. The van der Waals surface area contributed by atoms with Gasteiger partial charge < -0.3 is 14.2 Å². The number of benzene rings is 11. The van der Waals surface area contributed by atoms with Crippen molar-refractivity contribution < 1.29 is 4.42 Å². The molecule has 0 radical (unpaired) electrons. The Hall–Kier alpha value is -7.71. The van der Waals surface area contributed by atoms with Crippen molar-refractivity contribution in [2.45, 2.75) is 26.2 Å². The second-order valence-corrected chi connectivity index (χ2v) is 28.3. The van der Waals surface area contributed by atoms with Gasteiger partial charge in [-0.3, -0.25) is 0 Å². The molecule has 11 aromatic carbocycles. The van der Waals surface area contributed by atoms with Gasteiger partial charge in [0.15, 0.2) is 5.58 Å². The van der Waals surface area contributed by atoms with Gasteiger partial charge in [0, 0.05) is 38.6 Å². The van der Waals surface area contributed by atoms with E-state index in [1.165, 1.54) is 86.7 Å². The SMILES string of the molecule is C[Si]1(C)c2ccccc2-c2ccc(N(c3ccccc3)c3ccc4ccc5c(N(c6ccc7c(c6)[Si](C)(C)c6ccccc6-7)c6cccc7c6oc6ccccc67)ccc6ccc3c4c65)cc21. The highest BCUT2D eigenvalue weighted by Gasteiger charge is 2.39. The first-order valence-corrected chi connectivity index (χ1v) is 29.5. The second kappa shape index (κ2) is 13.9. The third-order valence-corrected chi connectivity index (χ3v) is 22.5. The van der Waals surface area contributed by atoms with Gasteiger partial charge in [0.25, 0.3) is 0 Å². The summed E-state index contributed by atoms with van der Waals surface area (Å²) in [5.74, 6) is 0. The molecule has 0 saturated carbocycles. The van der Waals surface area contributed by atoms with Gasteiger partial charge >= 0.3 is 0 Å². The molecule has 0 unspecified atom stereocenters. The fourth-order valence-electron chi connectivity index (χ4n) is 12.1. The lowest BCUT2D eigenvalue weighted by Gasteiger charge is -2.30. The molecule has 12 aromatic rings. The third kappa shape index (κ3) is 5.38. The van der Waals surface area contributed by atoms with Crippen molar-refractivity contribution in [3.8, 4) is 22.3 Å². The van der Waals surface area contributed by atoms with Crippen LogP contribution in [-0.2, 0) is 0 Å². The highest BCUT2D eigenvalue weighted by molar-refractivity contribution is 7.04. The van der Waals surface area contributed by atoms with Crippen molar-refractivity contribution in [3.05, 3.63) is 206 Å². The Morgan fingerprint density at radius 2 is 0.821 bits per heavy atom. The van der Waals surface area contributed by atoms with E-state index in [2.05, 4.69) is 242 Å². The molecule has 5 heteroatoms. The van der Waals surface area contributed by atoms with Crippen molar-refractivity contribution in [1.82, 2.24) is 0 Å². The van der Waals surface area contributed by atoms with Crippen molar-refractivity contribution >= 4 is 125 Å². The van der Waals surface area contributed by atoms with Crippen molar-refractivity contribution in [2.75, 3.05) is 9.80 Å². The Balaban J connectivity index is 1.01. The van der Waals surface area contributed by atoms with Crippen LogP contribution in [0.1, 0.15) is 0 Å². The van der Waals surface area contributed by atoms with E-state index in [-0.39, 0.29) is 0 Å². The fraction of sp³-hybridized carbons (Fsp3) is 0.0645. The Kier molecular flexibility index (Phi) is 8.00. The van der Waals surface area contributed by atoms with E-state index in [1.807, 2.05) is 0 Å². The second-order valence-electron chi connectivity index (χ2n) is 19.7. The van der Waals surface area contributed by atoms with Gasteiger partial charge in [-0.1, -0.05) is 172 Å². The summed E-state index contributed by atoms with van der Waals surface area (Å²) >= 11 is 0. The predicted octanol–water partition coefficient (Wildman–Crippen LogP) is 15.0. The molecule has 0 atom stereocenters. The lowest BCUT2D eigenvalue weighted by Crippen LogP contribution is -2.49. The topological polar surface area (TPSA) is 19.6 Å². The maximum Gasteiger partial charge on any atom is 0.159 e. The summed E-state index contributed by atoms with van der Waals surface area (Å²) in [4.78, 5) is 4.97. The van der Waals surface area contributed by atoms with Crippen LogP contribution in [0.4, 0.5) is 34.1 Å². The molecule has 67 heavy (non-hydrogen) atoms. The molecule has 318 valence electrons. The highest BCUT2D eigenvalue weighted by Crippen LogP contribution is 2.50. The van der Waals surface area contributed by atoms with Gasteiger partial charge in [-0.15, -0.1) is 0 Å². The minimum atomic E-state index is -2.00. The van der Waals surface area contributed by atoms with E-state index < -0.39 is 16.1 Å². The summed E-state index contributed by atoms with van der Waals surface area (Å²) in [6.45, 7) is 10.0. The lowest BCUT2D eigenvalue weighted by molar-refractivity contribution is 0.669. The molecule has 3 nitrogen and oxygen atoms in total. The van der Waals surface area contributed by atoms with Crippen LogP contribution in [0.5, 0.6) is 0 Å². The normalized spacial score (nSPS) is 14.2. The largest absolute Gasteiger partial charge is 0.454 e. The summed E-state index contributed by atoms with van der Waals surface area (Å²) in [6, 6.07) is 77.2. The first-order chi connectivity index (χ1) is 32.8. The maximum atomic E-state index is 6.87. The van der Waals surface area contributed by atoms with Crippen LogP contribution in [0.15, 0.2) is 211 Å². The van der Waals surface area contributed by atoms with Crippen molar-refractivity contribution in [1.29, 1.82) is 0 Å². The van der Waals surface area contributed by atoms with Gasteiger partial charge in [0.1, 0.15) is 21.7 Å². The molecule has 1 aromatic heterocycles. The smallest absolute Gasteiger partial charge is 0.159 e. The van der Waals surface area contributed by atoms with Crippen LogP contribution in [0.25, 0.3) is 76.5 Å². The monoisotopic (exact) mass is 890 g/mol. The summed E-state index contributed by atoms with van der Waals surface area (Å²) in [5, 5.41) is 15.7. The zero-order valence-corrected chi connectivity index (χ0v) is 39.9. The van der Waals surface area contributed by atoms with Crippen LogP contribution in [0.2, 0.25) is 26.2 Å². The third-order valence-electron chi connectivity index (χ3n) is 15.4. The highest BCUT2D eigenvalue weighted by atomic mass is 28.3. The molecule has 0 amide bonds. The Labute approximate surface area is 392 Å². The molecule has 2 aliphatic rings. The molecule has 0 saturated heterocycles. The predicted molar refractivity (Wildman–Crippen MR) is 291 cm³/mol. The number of hydrogen-bond donors (Lipinski definition) is 0. The average Bonchev–Trinajstić information content (AvgIpc) is 3.94. The summed E-state index contributed by atoms with van der Waals surface area (Å²) in [5.41, 5.74) is 14.1. The molecule has 0 bridgehead atoms. The first-order valence-electron chi connectivity index (χ1n) is 23.5. The van der Waals surface area contributed by atoms with Crippen LogP contribution < -0.4 is 30.5 Å². The summed E-state index contributed by atoms with van der Waals surface area (Å²) in [6.07, 6.45) is 0. The minimum absolute atomic E-state index is 0.888. The van der Waals surface area contributed by atoms with Crippen LogP contribution in [-0.4, -0.2) is 16.1 Å². The van der Waals surface area contributed by atoms with Crippen LogP contribution >= 0.6 is 0 Å². The number of nitrogens with zero attached hydrogens (tertiary/aromatic N) is 2. The number of hydrogen-bond acceptors (Lipinski definition) is 3. The minimum Gasteiger partial charge on any atom is -0.454 e. The Bertz CT molecular complexity index is 4020. The van der Waals surface area contributed by atoms with Crippen molar-refractivity contribution in [2.24, 2.45) is 0 Å². The molecule has 14 rings (SSSR count). The van der Waals surface area contributed by atoms with Gasteiger partial charge in [0.2, 0.25) is 0 Å². The zero-order chi connectivity index (χ0) is 44.8. The fourth-order valence-corrected chi connectivity index (χ4v) is 18.3. The Morgan fingerprint density at radius 3 is 1.45 bits per heavy atom. The molecule has 0 fully saturated rings. The molecule has 0 aliphatic carbocycles. The number of furan rings is 1. The van der Waals surface area contributed by atoms with Crippen LogP contribution in [0.3, 0.4) is 0 Å². The molecule has 3 heterocycles. The summed E-state index contributed by atoms with van der Waals surface area (Å²) in [7, 11) is -3.94. The van der Waals surface area contributed by atoms with E-state index in [0.29, 0.717) is 0 Å². The van der Waals surface area contributed by atoms with Gasteiger partial charge in [-0.2, -0.15) is 0 Å². The van der Waals surface area contributed by atoms with Crippen LogP contribution in [0, 0.1) is 0 Å². The zero-order valence-electron chi connectivity index (χ0n) is 37.9. The summed E-state index contributed by atoms with van der Waals surface area (Å²) < 4.78 is 6.87. The maximum absolute atomic E-state index is 6.87. The van der Waals surface area contributed by atoms with E-state index in [4.69, 9.17) is 4.42 Å². The van der Waals surface area contributed by atoms with E-state index >= 15 is 0 Å². The van der Waals surface area contributed by atoms with E-state index in [1.54, 1.807) is 0 Å². The average molecular weight is 891 g/mol. The van der Waals surface area contributed by atoms with Crippen molar-refractivity contribution in [3.63, 3.8) is 0 Å². The lowest BCUT2D eigenvalue weighted by atomic mass is 9.91. The molecule has 2 aliphatic heterocycles. The molecular formula is C62H46N2OSi2. The van der Waals surface area contributed by atoms with E-state index in [0.717, 1.165) is 44.7 Å². The molecular weight excluding hydrogens is 845 g/mol. The van der Waals surface area contributed by atoms with E-state index in [9.17, 15) is 0 Å². The Morgan fingerprint density at radius 1 is 0.328 bits per heavy atom.